The largest absolute Gasteiger partial charge is 0.493 e. The molecule has 0 bridgehead atoms. The Morgan fingerprint density at radius 3 is 2.88 bits per heavy atom. The van der Waals surface area contributed by atoms with Crippen LogP contribution < -0.4 is 15.2 Å². The number of benzene rings is 1. The van der Waals surface area contributed by atoms with Crippen LogP contribution in [0.25, 0.3) is 0 Å². The zero-order chi connectivity index (χ0) is 12.0. The highest BCUT2D eigenvalue weighted by molar-refractivity contribution is 5.75. The zero-order valence-electron chi connectivity index (χ0n) is 9.23. The van der Waals surface area contributed by atoms with Crippen LogP contribution in [-0.4, -0.2) is 19.6 Å². The molecule has 4 nitrogen and oxygen atoms in total. The molecule has 4 heteroatoms. The molecule has 1 aromatic carbocycles. The summed E-state index contributed by atoms with van der Waals surface area (Å²) in [4.78, 5) is 11.1. The fourth-order valence-electron chi connectivity index (χ4n) is 1.35. The van der Waals surface area contributed by atoms with Gasteiger partial charge in [0.05, 0.1) is 13.7 Å². The summed E-state index contributed by atoms with van der Waals surface area (Å²) in [6.45, 7) is 3.50. The lowest BCUT2D eigenvalue weighted by Gasteiger charge is -2.11. The fraction of sp³-hybridized carbons (Fsp3) is 0.250. The Kier molecular flexibility index (Phi) is 4.54. The Balaban J connectivity index is 3.03. The van der Waals surface area contributed by atoms with Crippen molar-refractivity contribution < 1.29 is 14.3 Å². The molecule has 0 fully saturated rings. The number of rotatable bonds is 5. The molecule has 86 valence electrons. The second-order valence-electron chi connectivity index (χ2n) is 3.12. The van der Waals surface area contributed by atoms with Crippen LogP contribution in [0.3, 0.4) is 0 Å². The first-order chi connectivity index (χ1) is 7.72. The van der Waals surface area contributed by atoms with Gasteiger partial charge in [0.2, 0.25) is 0 Å². The van der Waals surface area contributed by atoms with E-state index in [4.69, 9.17) is 15.2 Å². The Morgan fingerprint density at radius 1 is 1.56 bits per heavy atom. The van der Waals surface area contributed by atoms with Crippen molar-refractivity contribution in [2.75, 3.05) is 13.7 Å². The number of carbonyl (C=O) groups is 1. The molecular weight excluding hydrogens is 206 g/mol. The summed E-state index contributed by atoms with van der Waals surface area (Å²) >= 11 is 0. The summed E-state index contributed by atoms with van der Waals surface area (Å²) in [6.07, 6.45) is 2.41. The predicted molar refractivity (Wildman–Crippen MR) is 61.6 cm³/mol. The fourth-order valence-corrected chi connectivity index (χ4v) is 1.35. The topological polar surface area (TPSA) is 61.5 Å². The SMILES string of the molecule is C=CCc1cccc(OC(=O)CN)c1OC. The molecule has 1 rings (SSSR count). The Bertz CT molecular complexity index is 388. The van der Waals surface area contributed by atoms with Gasteiger partial charge in [0.25, 0.3) is 0 Å². The lowest BCUT2D eigenvalue weighted by Crippen LogP contribution is -2.19. The third-order valence-corrected chi connectivity index (χ3v) is 2.02. The summed E-state index contributed by atoms with van der Waals surface area (Å²) in [5.41, 5.74) is 6.09. The first-order valence-electron chi connectivity index (χ1n) is 4.90. The number of nitrogens with two attached hydrogens (primary N) is 1. The molecular formula is C12H15NO3. The minimum Gasteiger partial charge on any atom is -0.493 e. The van der Waals surface area contributed by atoms with Gasteiger partial charge in [-0.25, -0.2) is 0 Å². The highest BCUT2D eigenvalue weighted by Gasteiger charge is 2.11. The minimum absolute atomic E-state index is 0.158. The van der Waals surface area contributed by atoms with Gasteiger partial charge in [-0.3, -0.25) is 4.79 Å². The van der Waals surface area contributed by atoms with Crippen LogP contribution in [0.15, 0.2) is 30.9 Å². The minimum atomic E-state index is -0.492. The number of hydrogen-bond donors (Lipinski definition) is 1. The van der Waals surface area contributed by atoms with Gasteiger partial charge >= 0.3 is 5.97 Å². The normalized spacial score (nSPS) is 9.62. The number of esters is 1. The van der Waals surface area contributed by atoms with Crippen LogP contribution in [0.1, 0.15) is 5.56 Å². The van der Waals surface area contributed by atoms with E-state index in [1.54, 1.807) is 18.2 Å². The molecule has 1 aromatic rings. The molecule has 2 N–H and O–H groups in total. The Morgan fingerprint density at radius 2 is 2.31 bits per heavy atom. The Labute approximate surface area is 94.7 Å². The third kappa shape index (κ3) is 2.84. The maximum absolute atomic E-state index is 11.1. The number of allylic oxidation sites excluding steroid dienone is 1. The van der Waals surface area contributed by atoms with Crippen molar-refractivity contribution in [1.82, 2.24) is 0 Å². The van der Waals surface area contributed by atoms with E-state index in [9.17, 15) is 4.79 Å². The van der Waals surface area contributed by atoms with Gasteiger partial charge in [-0.2, -0.15) is 0 Å². The molecule has 0 heterocycles. The van der Waals surface area contributed by atoms with Crippen LogP contribution >= 0.6 is 0 Å². The highest BCUT2D eigenvalue weighted by Crippen LogP contribution is 2.31. The maximum Gasteiger partial charge on any atom is 0.325 e. The summed E-state index contributed by atoms with van der Waals surface area (Å²) in [6, 6.07) is 5.35. The van der Waals surface area contributed by atoms with E-state index in [0.29, 0.717) is 17.9 Å². The van der Waals surface area contributed by atoms with Gasteiger partial charge in [-0.05, 0) is 12.5 Å². The molecule has 0 saturated carbocycles. The summed E-state index contributed by atoms with van der Waals surface area (Å²) in [7, 11) is 1.53. The van der Waals surface area contributed by atoms with Crippen molar-refractivity contribution in [2.24, 2.45) is 5.73 Å². The van der Waals surface area contributed by atoms with Gasteiger partial charge in [-0.15, -0.1) is 6.58 Å². The average molecular weight is 221 g/mol. The number of para-hydroxylation sites is 1. The molecule has 0 aliphatic carbocycles. The number of ether oxygens (including phenoxy) is 2. The maximum atomic E-state index is 11.1. The van der Waals surface area contributed by atoms with Gasteiger partial charge in [0, 0.05) is 5.56 Å². The predicted octanol–water partition coefficient (Wildman–Crippen LogP) is 1.29. The molecule has 0 aliphatic rings. The summed E-state index contributed by atoms with van der Waals surface area (Å²) in [5, 5.41) is 0. The smallest absolute Gasteiger partial charge is 0.325 e. The first-order valence-corrected chi connectivity index (χ1v) is 4.90. The quantitative estimate of drug-likeness (QED) is 0.462. The van der Waals surface area contributed by atoms with Crippen molar-refractivity contribution >= 4 is 5.97 Å². The molecule has 0 spiro atoms. The van der Waals surface area contributed by atoms with E-state index in [2.05, 4.69) is 6.58 Å². The van der Waals surface area contributed by atoms with Crippen molar-refractivity contribution in [2.45, 2.75) is 6.42 Å². The molecule has 16 heavy (non-hydrogen) atoms. The molecule has 0 aliphatic heterocycles. The number of methoxy groups -OCH3 is 1. The van der Waals surface area contributed by atoms with Crippen LogP contribution in [0.5, 0.6) is 11.5 Å². The monoisotopic (exact) mass is 221 g/mol. The van der Waals surface area contributed by atoms with Crippen molar-refractivity contribution in [3.8, 4) is 11.5 Å². The van der Waals surface area contributed by atoms with Crippen LogP contribution in [0.4, 0.5) is 0 Å². The van der Waals surface area contributed by atoms with E-state index >= 15 is 0 Å². The third-order valence-electron chi connectivity index (χ3n) is 2.02. The molecule has 0 radical (unpaired) electrons. The Hall–Kier alpha value is -1.81. The van der Waals surface area contributed by atoms with Gasteiger partial charge in [0.15, 0.2) is 11.5 Å². The van der Waals surface area contributed by atoms with E-state index in [0.717, 1.165) is 5.56 Å². The standard InChI is InChI=1S/C12H15NO3/c1-3-5-9-6-4-7-10(12(9)15-2)16-11(14)8-13/h3-4,6-7H,1,5,8,13H2,2H3. The van der Waals surface area contributed by atoms with Crippen LogP contribution in [-0.2, 0) is 11.2 Å². The van der Waals surface area contributed by atoms with Crippen molar-refractivity contribution in [3.63, 3.8) is 0 Å². The second-order valence-corrected chi connectivity index (χ2v) is 3.12. The van der Waals surface area contributed by atoms with Crippen molar-refractivity contribution in [3.05, 3.63) is 36.4 Å². The molecule has 0 saturated heterocycles. The first kappa shape index (κ1) is 12.3. The van der Waals surface area contributed by atoms with Gasteiger partial charge in [-0.1, -0.05) is 18.2 Å². The zero-order valence-corrected chi connectivity index (χ0v) is 9.23. The lowest BCUT2D eigenvalue weighted by atomic mass is 10.1. The van der Waals surface area contributed by atoms with Crippen LogP contribution in [0.2, 0.25) is 0 Å². The lowest BCUT2D eigenvalue weighted by molar-refractivity contribution is -0.132. The van der Waals surface area contributed by atoms with E-state index in [1.165, 1.54) is 7.11 Å². The highest BCUT2D eigenvalue weighted by atomic mass is 16.6. The number of carbonyl (C=O) groups excluding carboxylic acids is 1. The molecule has 0 atom stereocenters. The average Bonchev–Trinajstić information content (AvgIpc) is 2.29. The summed E-state index contributed by atoms with van der Waals surface area (Å²) in [5.74, 6) is 0.440. The van der Waals surface area contributed by atoms with Gasteiger partial charge < -0.3 is 15.2 Å². The molecule has 0 unspecified atom stereocenters. The van der Waals surface area contributed by atoms with Gasteiger partial charge in [0.1, 0.15) is 0 Å². The van der Waals surface area contributed by atoms with Crippen LogP contribution in [0, 0.1) is 0 Å². The van der Waals surface area contributed by atoms with Crippen molar-refractivity contribution in [1.29, 1.82) is 0 Å². The van der Waals surface area contributed by atoms with E-state index < -0.39 is 5.97 Å². The van der Waals surface area contributed by atoms with E-state index in [-0.39, 0.29) is 6.54 Å². The molecule has 0 aromatic heterocycles. The van der Waals surface area contributed by atoms with E-state index in [1.807, 2.05) is 6.07 Å². The summed E-state index contributed by atoms with van der Waals surface area (Å²) < 4.78 is 10.3. The molecule has 0 amide bonds. The second kappa shape index (κ2) is 5.92. The number of hydrogen-bond acceptors (Lipinski definition) is 4.